The van der Waals surface area contributed by atoms with Crippen LogP contribution in [0.1, 0.15) is 44.1 Å². The van der Waals surface area contributed by atoms with Crippen LogP contribution in [0.4, 0.5) is 0 Å². The Morgan fingerprint density at radius 1 is 0.853 bits per heavy atom. The average molecular weight is 454 g/mol. The highest BCUT2D eigenvalue weighted by Gasteiger charge is 2.37. The third-order valence-electron chi connectivity index (χ3n) is 6.77. The Kier molecular flexibility index (Phi) is 6.39. The van der Waals surface area contributed by atoms with Gasteiger partial charge < -0.3 is 13.9 Å². The molecule has 34 heavy (non-hydrogen) atoms. The predicted molar refractivity (Wildman–Crippen MR) is 135 cm³/mol. The Bertz CT molecular complexity index is 1240. The van der Waals surface area contributed by atoms with E-state index in [0.717, 1.165) is 58.9 Å². The molecule has 0 radical (unpaired) electrons. The van der Waals surface area contributed by atoms with Crippen LogP contribution < -0.4 is 9.47 Å². The van der Waals surface area contributed by atoms with Gasteiger partial charge in [0.25, 0.3) is 0 Å². The number of ether oxygens (including phenoxy) is 2. The van der Waals surface area contributed by atoms with Crippen LogP contribution in [0.5, 0.6) is 11.5 Å². The first kappa shape index (κ1) is 22.3. The molecule has 1 aromatic heterocycles. The van der Waals surface area contributed by atoms with Gasteiger partial charge >= 0.3 is 0 Å². The molecule has 0 unspecified atom stereocenters. The molecule has 4 nitrogen and oxygen atoms in total. The van der Waals surface area contributed by atoms with Gasteiger partial charge in [0.05, 0.1) is 12.3 Å². The number of aromatic nitrogens is 1. The van der Waals surface area contributed by atoms with Crippen LogP contribution in [0.3, 0.4) is 0 Å². The van der Waals surface area contributed by atoms with Gasteiger partial charge in [-0.25, -0.2) is 4.98 Å². The fourth-order valence-electron chi connectivity index (χ4n) is 4.48. The molecule has 1 aliphatic carbocycles. The lowest BCUT2D eigenvalue weighted by Crippen LogP contribution is -2.42. The Balaban J connectivity index is 1.23. The summed E-state index contributed by atoms with van der Waals surface area (Å²) >= 11 is 0. The van der Waals surface area contributed by atoms with Gasteiger partial charge in [0.2, 0.25) is 5.89 Å². The summed E-state index contributed by atoms with van der Waals surface area (Å²) in [6.45, 7) is 4.71. The maximum atomic E-state index is 6.39. The van der Waals surface area contributed by atoms with E-state index < -0.39 is 0 Å². The minimum Gasteiger partial charge on any atom is -0.493 e. The van der Waals surface area contributed by atoms with Gasteiger partial charge in [-0.1, -0.05) is 49.4 Å². The maximum Gasteiger partial charge on any atom is 0.226 e. The fraction of sp³-hybridized carbons (Fsp3) is 0.300. The molecule has 3 aromatic carbocycles. The third-order valence-corrected chi connectivity index (χ3v) is 6.77. The second kappa shape index (κ2) is 9.76. The summed E-state index contributed by atoms with van der Waals surface area (Å²) in [5, 5.41) is 0. The molecule has 0 saturated heterocycles. The lowest BCUT2D eigenvalue weighted by Gasteiger charge is -2.41. The summed E-state index contributed by atoms with van der Waals surface area (Å²) in [4.78, 5) is 4.67. The molecule has 1 heterocycles. The van der Waals surface area contributed by atoms with Crippen LogP contribution in [-0.2, 0) is 6.42 Å². The summed E-state index contributed by atoms with van der Waals surface area (Å²) in [6.07, 6.45) is 5.30. The lowest BCUT2D eigenvalue weighted by atomic mass is 9.78. The van der Waals surface area contributed by atoms with Crippen LogP contribution in [0.15, 0.2) is 83.3 Å². The van der Waals surface area contributed by atoms with E-state index in [0.29, 0.717) is 18.9 Å². The number of oxazole rings is 1. The number of hydrogen-bond acceptors (Lipinski definition) is 4. The molecule has 5 rings (SSSR count). The Hall–Kier alpha value is -3.53. The molecular weight excluding hydrogens is 422 g/mol. The van der Waals surface area contributed by atoms with Gasteiger partial charge in [-0.3, -0.25) is 0 Å². The van der Waals surface area contributed by atoms with E-state index in [1.54, 1.807) is 0 Å². The van der Waals surface area contributed by atoms with E-state index in [1.165, 1.54) is 6.42 Å². The van der Waals surface area contributed by atoms with Crippen molar-refractivity contribution in [2.75, 3.05) is 6.61 Å². The lowest BCUT2D eigenvalue weighted by molar-refractivity contribution is -0.0104. The summed E-state index contributed by atoms with van der Waals surface area (Å²) in [5.74, 6) is 3.28. The Morgan fingerprint density at radius 3 is 2.21 bits per heavy atom. The molecule has 0 bridgehead atoms. The second-order valence-electron chi connectivity index (χ2n) is 9.03. The molecule has 0 spiro atoms. The van der Waals surface area contributed by atoms with Crippen molar-refractivity contribution in [3.05, 3.63) is 90.3 Å². The summed E-state index contributed by atoms with van der Waals surface area (Å²) in [6, 6.07) is 26.6. The number of benzene rings is 3. The number of hydrogen-bond donors (Lipinski definition) is 0. The highest BCUT2D eigenvalue weighted by atomic mass is 16.5. The molecule has 0 aliphatic heterocycles. The van der Waals surface area contributed by atoms with Gasteiger partial charge in [0, 0.05) is 12.0 Å². The first-order chi connectivity index (χ1) is 16.6. The molecule has 1 aliphatic rings. The second-order valence-corrected chi connectivity index (χ2v) is 9.03. The van der Waals surface area contributed by atoms with Crippen LogP contribution in [0, 0.1) is 6.92 Å². The zero-order valence-electron chi connectivity index (χ0n) is 19.9. The van der Waals surface area contributed by atoms with Gasteiger partial charge in [-0.05, 0) is 80.1 Å². The Morgan fingerprint density at radius 2 is 1.53 bits per heavy atom. The molecule has 1 saturated carbocycles. The normalized spacial score (nSPS) is 14.4. The van der Waals surface area contributed by atoms with Crippen LogP contribution >= 0.6 is 0 Å². The predicted octanol–water partition coefficient (Wildman–Crippen LogP) is 7.65. The zero-order valence-corrected chi connectivity index (χ0v) is 19.9. The molecule has 0 atom stereocenters. The van der Waals surface area contributed by atoms with Crippen molar-refractivity contribution in [2.24, 2.45) is 0 Å². The number of rotatable bonds is 9. The molecule has 0 amide bonds. The van der Waals surface area contributed by atoms with E-state index in [4.69, 9.17) is 13.9 Å². The van der Waals surface area contributed by atoms with Crippen molar-refractivity contribution in [2.45, 2.75) is 51.6 Å². The monoisotopic (exact) mass is 453 g/mol. The molecule has 174 valence electrons. The first-order valence-corrected chi connectivity index (χ1v) is 12.2. The SMILES string of the molecule is CCC1(Oc2cccc(-c3cccc(OCCc4nc(-c5ccccc5)oc4C)c3)c2)CCC1. The molecule has 4 heteroatoms. The van der Waals surface area contributed by atoms with E-state index in [-0.39, 0.29) is 5.60 Å². The highest BCUT2D eigenvalue weighted by Crippen LogP contribution is 2.40. The van der Waals surface area contributed by atoms with Crippen molar-refractivity contribution in [1.82, 2.24) is 4.98 Å². The van der Waals surface area contributed by atoms with E-state index in [9.17, 15) is 0 Å². The Labute approximate surface area is 201 Å². The minimum absolute atomic E-state index is 0.0310. The summed E-state index contributed by atoms with van der Waals surface area (Å²) in [7, 11) is 0. The largest absolute Gasteiger partial charge is 0.493 e. The van der Waals surface area contributed by atoms with Gasteiger partial charge in [-0.2, -0.15) is 0 Å². The van der Waals surface area contributed by atoms with Crippen molar-refractivity contribution in [3.8, 4) is 34.1 Å². The van der Waals surface area contributed by atoms with Crippen molar-refractivity contribution in [1.29, 1.82) is 0 Å². The quantitative estimate of drug-likeness (QED) is 0.261. The number of aryl methyl sites for hydroxylation is 1. The minimum atomic E-state index is 0.0310. The van der Waals surface area contributed by atoms with Gasteiger partial charge in [0.15, 0.2) is 0 Å². The van der Waals surface area contributed by atoms with E-state index >= 15 is 0 Å². The van der Waals surface area contributed by atoms with Crippen LogP contribution in [-0.4, -0.2) is 17.2 Å². The van der Waals surface area contributed by atoms with Crippen molar-refractivity contribution >= 4 is 0 Å². The average Bonchev–Trinajstić information content (AvgIpc) is 3.23. The molecule has 0 N–H and O–H groups in total. The molecular formula is C30H31NO3. The number of nitrogens with zero attached hydrogens (tertiary/aromatic N) is 1. The fourth-order valence-corrected chi connectivity index (χ4v) is 4.48. The van der Waals surface area contributed by atoms with Crippen molar-refractivity contribution < 1.29 is 13.9 Å². The smallest absolute Gasteiger partial charge is 0.226 e. The van der Waals surface area contributed by atoms with E-state index in [1.807, 2.05) is 49.4 Å². The topological polar surface area (TPSA) is 44.5 Å². The summed E-state index contributed by atoms with van der Waals surface area (Å²) in [5.41, 5.74) is 4.20. The van der Waals surface area contributed by atoms with Crippen LogP contribution in [0.2, 0.25) is 0 Å². The first-order valence-electron chi connectivity index (χ1n) is 12.2. The van der Waals surface area contributed by atoms with Gasteiger partial charge in [0.1, 0.15) is 22.9 Å². The van der Waals surface area contributed by atoms with Crippen molar-refractivity contribution in [3.63, 3.8) is 0 Å². The zero-order chi connectivity index (χ0) is 23.4. The standard InChI is InChI=1S/C30H31NO3/c1-3-30(17-9-18-30)34-27-15-8-13-25(21-27)24-12-7-14-26(20-24)32-19-16-28-22(2)33-29(31-28)23-10-5-4-6-11-23/h4-8,10-15,20-21H,3,9,16-19H2,1-2H3. The van der Waals surface area contributed by atoms with E-state index in [2.05, 4.69) is 48.3 Å². The maximum absolute atomic E-state index is 6.39. The summed E-state index contributed by atoms with van der Waals surface area (Å²) < 4.78 is 18.3. The van der Waals surface area contributed by atoms with Crippen LogP contribution in [0.25, 0.3) is 22.6 Å². The highest BCUT2D eigenvalue weighted by molar-refractivity contribution is 5.66. The van der Waals surface area contributed by atoms with Gasteiger partial charge in [-0.15, -0.1) is 0 Å². The third kappa shape index (κ3) is 4.86. The molecule has 4 aromatic rings. The molecule has 1 fully saturated rings.